The van der Waals surface area contributed by atoms with E-state index in [4.69, 9.17) is 5.73 Å². The number of piperidine rings is 1. The van der Waals surface area contributed by atoms with Gasteiger partial charge in [-0.05, 0) is 46.2 Å². The van der Waals surface area contributed by atoms with Crippen LogP contribution in [0.4, 0.5) is 0 Å². The van der Waals surface area contributed by atoms with Crippen LogP contribution in [-0.2, 0) is 0 Å². The Morgan fingerprint density at radius 1 is 1.39 bits per heavy atom. The molecule has 18 heavy (non-hydrogen) atoms. The van der Waals surface area contributed by atoms with Crippen LogP contribution in [-0.4, -0.2) is 43.1 Å². The van der Waals surface area contributed by atoms with Gasteiger partial charge in [-0.1, -0.05) is 18.6 Å². The van der Waals surface area contributed by atoms with Crippen molar-refractivity contribution in [2.45, 2.75) is 45.6 Å². The Morgan fingerprint density at radius 2 is 2.06 bits per heavy atom. The lowest BCUT2D eigenvalue weighted by atomic mass is 10.1. The van der Waals surface area contributed by atoms with E-state index < -0.39 is 0 Å². The molecule has 0 amide bonds. The largest absolute Gasteiger partial charge is 0.370 e. The molecule has 3 N–H and O–H groups in total. The molecule has 0 aromatic carbocycles. The third-order valence-electron chi connectivity index (χ3n) is 3.40. The molecule has 1 unspecified atom stereocenters. The number of hydrogen-bond acceptors (Lipinski definition) is 2. The Bertz CT molecular complexity index is 280. The summed E-state index contributed by atoms with van der Waals surface area (Å²) in [5.74, 6) is 0.531. The predicted octanol–water partition coefficient (Wildman–Crippen LogP) is 1.73. The highest BCUT2D eigenvalue weighted by atomic mass is 15.2. The molecule has 1 fully saturated rings. The monoisotopic (exact) mass is 252 g/mol. The van der Waals surface area contributed by atoms with E-state index >= 15 is 0 Å². The van der Waals surface area contributed by atoms with Crippen LogP contribution in [0.5, 0.6) is 0 Å². The third kappa shape index (κ3) is 6.05. The quantitative estimate of drug-likeness (QED) is 0.430. The Balaban J connectivity index is 2.16. The van der Waals surface area contributed by atoms with Gasteiger partial charge in [-0.25, -0.2) is 4.99 Å². The molecule has 4 nitrogen and oxygen atoms in total. The van der Waals surface area contributed by atoms with E-state index in [1.165, 1.54) is 32.4 Å². The van der Waals surface area contributed by atoms with Crippen LogP contribution >= 0.6 is 0 Å². The third-order valence-corrected chi connectivity index (χ3v) is 3.40. The van der Waals surface area contributed by atoms with Crippen LogP contribution in [0.3, 0.4) is 0 Å². The van der Waals surface area contributed by atoms with Gasteiger partial charge in [-0.2, -0.15) is 0 Å². The Labute approximate surface area is 111 Å². The van der Waals surface area contributed by atoms with Crippen LogP contribution in [0.25, 0.3) is 0 Å². The van der Waals surface area contributed by atoms with Gasteiger partial charge in [0.15, 0.2) is 5.96 Å². The lowest BCUT2D eigenvalue weighted by Gasteiger charge is -2.32. The number of guanidine groups is 1. The average Bonchev–Trinajstić information content (AvgIpc) is 2.37. The first-order chi connectivity index (χ1) is 8.59. The van der Waals surface area contributed by atoms with Gasteiger partial charge in [0.25, 0.3) is 0 Å². The summed E-state index contributed by atoms with van der Waals surface area (Å²) < 4.78 is 0. The molecule has 1 aliphatic rings. The molecular weight excluding hydrogens is 224 g/mol. The molecule has 1 heterocycles. The standard InChI is InChI=1S/C14H28N4/c1-12(2)11-17-14(15)16-8-7-13(3)18-9-5-4-6-10-18/h13H,1,4-11H2,2-3H3,(H3,15,16,17). The van der Waals surface area contributed by atoms with Crippen molar-refractivity contribution in [3.05, 3.63) is 12.2 Å². The Kier molecular flexibility index (Phi) is 6.80. The second-order valence-corrected chi connectivity index (χ2v) is 5.32. The second-order valence-electron chi connectivity index (χ2n) is 5.32. The van der Waals surface area contributed by atoms with Crippen LogP contribution in [0.1, 0.15) is 39.5 Å². The van der Waals surface area contributed by atoms with E-state index in [9.17, 15) is 0 Å². The van der Waals surface area contributed by atoms with Crippen LogP contribution in [0.2, 0.25) is 0 Å². The molecule has 0 bridgehead atoms. The number of hydrogen-bond donors (Lipinski definition) is 2. The van der Waals surface area contributed by atoms with Gasteiger partial charge in [0.05, 0.1) is 6.54 Å². The molecule has 0 radical (unpaired) electrons. The minimum absolute atomic E-state index is 0.531. The van der Waals surface area contributed by atoms with Crippen molar-refractivity contribution in [2.75, 3.05) is 26.2 Å². The number of aliphatic imine (C=N–C) groups is 1. The second kappa shape index (κ2) is 8.14. The van der Waals surface area contributed by atoms with Gasteiger partial charge in [0, 0.05) is 12.6 Å². The predicted molar refractivity (Wildman–Crippen MR) is 78.8 cm³/mol. The number of nitrogens with zero attached hydrogens (tertiary/aromatic N) is 2. The van der Waals surface area contributed by atoms with Gasteiger partial charge in [-0.3, -0.25) is 0 Å². The summed E-state index contributed by atoms with van der Waals surface area (Å²) in [4.78, 5) is 6.78. The van der Waals surface area contributed by atoms with Gasteiger partial charge < -0.3 is 16.0 Å². The molecule has 0 aliphatic carbocycles. The van der Waals surface area contributed by atoms with Gasteiger partial charge >= 0.3 is 0 Å². The molecule has 1 rings (SSSR count). The zero-order chi connectivity index (χ0) is 13.4. The topological polar surface area (TPSA) is 53.6 Å². The maximum Gasteiger partial charge on any atom is 0.188 e. The maximum absolute atomic E-state index is 5.77. The first-order valence-electron chi connectivity index (χ1n) is 7.02. The highest BCUT2D eigenvalue weighted by molar-refractivity contribution is 5.77. The molecule has 0 aromatic heterocycles. The molecule has 1 atom stereocenters. The fourth-order valence-electron chi connectivity index (χ4n) is 2.23. The van der Waals surface area contributed by atoms with Gasteiger partial charge in [0.2, 0.25) is 0 Å². The molecule has 0 aromatic rings. The normalized spacial score (nSPS) is 19.6. The smallest absolute Gasteiger partial charge is 0.188 e. The summed E-state index contributed by atoms with van der Waals surface area (Å²) >= 11 is 0. The van der Waals surface area contributed by atoms with Crippen LogP contribution in [0, 0.1) is 0 Å². The minimum atomic E-state index is 0.531. The summed E-state index contributed by atoms with van der Waals surface area (Å²) in [7, 11) is 0. The summed E-state index contributed by atoms with van der Waals surface area (Å²) in [6.07, 6.45) is 5.20. The zero-order valence-corrected chi connectivity index (χ0v) is 11.9. The Hall–Kier alpha value is -1.03. The maximum atomic E-state index is 5.77. The minimum Gasteiger partial charge on any atom is -0.370 e. The molecular formula is C14H28N4. The number of nitrogens with two attached hydrogens (primary N) is 1. The highest BCUT2D eigenvalue weighted by Gasteiger charge is 2.15. The van der Waals surface area contributed by atoms with Crippen LogP contribution in [0.15, 0.2) is 17.1 Å². The summed E-state index contributed by atoms with van der Waals surface area (Å²) in [6.45, 7) is 12.1. The van der Waals surface area contributed by atoms with Crippen molar-refractivity contribution in [1.29, 1.82) is 0 Å². The number of likely N-dealkylation sites (tertiary alicyclic amines) is 1. The summed E-state index contributed by atoms with van der Waals surface area (Å²) in [5.41, 5.74) is 6.80. The molecule has 104 valence electrons. The SMILES string of the molecule is C=C(C)CN=C(N)NCCC(C)N1CCCCC1. The summed E-state index contributed by atoms with van der Waals surface area (Å²) in [5, 5.41) is 3.17. The highest BCUT2D eigenvalue weighted by Crippen LogP contribution is 2.13. The van der Waals surface area contributed by atoms with Crippen molar-refractivity contribution in [3.63, 3.8) is 0 Å². The molecule has 0 spiro atoms. The van der Waals surface area contributed by atoms with E-state index in [1.54, 1.807) is 0 Å². The lowest BCUT2D eigenvalue weighted by molar-refractivity contribution is 0.167. The van der Waals surface area contributed by atoms with Gasteiger partial charge in [-0.15, -0.1) is 0 Å². The van der Waals surface area contributed by atoms with Crippen molar-refractivity contribution < 1.29 is 0 Å². The summed E-state index contributed by atoms with van der Waals surface area (Å²) in [6, 6.07) is 0.631. The van der Waals surface area contributed by atoms with Crippen LogP contribution < -0.4 is 11.1 Å². The number of nitrogens with one attached hydrogen (secondary N) is 1. The van der Waals surface area contributed by atoms with Crippen molar-refractivity contribution >= 4 is 5.96 Å². The van der Waals surface area contributed by atoms with E-state index in [0.717, 1.165) is 18.5 Å². The van der Waals surface area contributed by atoms with Gasteiger partial charge in [0.1, 0.15) is 0 Å². The molecule has 1 aliphatic heterocycles. The van der Waals surface area contributed by atoms with E-state index in [-0.39, 0.29) is 0 Å². The van der Waals surface area contributed by atoms with E-state index in [0.29, 0.717) is 18.5 Å². The molecule has 1 saturated heterocycles. The van der Waals surface area contributed by atoms with Crippen molar-refractivity contribution in [1.82, 2.24) is 10.2 Å². The van der Waals surface area contributed by atoms with Crippen molar-refractivity contribution in [2.24, 2.45) is 10.7 Å². The fourth-order valence-corrected chi connectivity index (χ4v) is 2.23. The fraction of sp³-hybridized carbons (Fsp3) is 0.786. The average molecular weight is 252 g/mol. The molecule has 4 heteroatoms. The first-order valence-corrected chi connectivity index (χ1v) is 7.02. The Morgan fingerprint density at radius 3 is 2.67 bits per heavy atom. The molecule has 0 saturated carbocycles. The van der Waals surface area contributed by atoms with E-state index in [1.807, 2.05) is 6.92 Å². The number of rotatable bonds is 6. The zero-order valence-electron chi connectivity index (χ0n) is 11.9. The lowest BCUT2D eigenvalue weighted by Crippen LogP contribution is -2.40. The first kappa shape index (κ1) is 15.0. The van der Waals surface area contributed by atoms with E-state index in [2.05, 4.69) is 28.7 Å². The van der Waals surface area contributed by atoms with Crippen molar-refractivity contribution in [3.8, 4) is 0 Å².